The number of allylic oxidation sites excluding steroid dienone is 1. The zero-order valence-corrected chi connectivity index (χ0v) is 11.7. The fourth-order valence-electron chi connectivity index (χ4n) is 1.62. The summed E-state index contributed by atoms with van der Waals surface area (Å²) in [6.07, 6.45) is 7.49. The third-order valence-corrected chi connectivity index (χ3v) is 2.35. The minimum atomic E-state index is 0.432. The van der Waals surface area contributed by atoms with E-state index in [1.807, 2.05) is 6.08 Å². The average Bonchev–Trinajstić information content (AvgIpc) is 2.65. The minimum Gasteiger partial charge on any atom is -0.103 e. The van der Waals surface area contributed by atoms with Gasteiger partial charge in [-0.05, 0) is 29.6 Å². The van der Waals surface area contributed by atoms with Gasteiger partial charge in [-0.1, -0.05) is 60.5 Å². The van der Waals surface area contributed by atoms with Crippen LogP contribution in [0.2, 0.25) is 0 Å². The highest BCUT2D eigenvalue weighted by molar-refractivity contribution is 4.78. The van der Waals surface area contributed by atoms with Crippen LogP contribution in [-0.2, 0) is 0 Å². The predicted octanol–water partition coefficient (Wildman–Crippen LogP) is 5.44. The first-order valence-electron chi connectivity index (χ1n) is 6.25. The standard InChI is InChI=1S/C8H16.C7H14/c1-8(2,3)6-7-4-5-7;1-5-6-7(2,3)4/h7H,4-6H2,1-3H3;5H,1,6H2,2-4H3. The highest BCUT2D eigenvalue weighted by atomic mass is 14.3. The summed E-state index contributed by atoms with van der Waals surface area (Å²) >= 11 is 0. The molecule has 0 bridgehead atoms. The van der Waals surface area contributed by atoms with Gasteiger partial charge in [-0.15, -0.1) is 6.58 Å². The maximum Gasteiger partial charge on any atom is -0.0304 e. The van der Waals surface area contributed by atoms with E-state index in [4.69, 9.17) is 0 Å². The topological polar surface area (TPSA) is 0 Å². The Bertz CT molecular complexity index is 171. The van der Waals surface area contributed by atoms with Crippen LogP contribution in [0.15, 0.2) is 12.7 Å². The Hall–Kier alpha value is -0.260. The van der Waals surface area contributed by atoms with E-state index in [9.17, 15) is 0 Å². The van der Waals surface area contributed by atoms with Crippen molar-refractivity contribution >= 4 is 0 Å². The van der Waals surface area contributed by atoms with Crippen LogP contribution < -0.4 is 0 Å². The van der Waals surface area contributed by atoms with Gasteiger partial charge in [0.2, 0.25) is 0 Å². The number of hydrogen-bond donors (Lipinski definition) is 0. The molecule has 0 aliphatic heterocycles. The average molecular weight is 210 g/mol. The molecule has 0 nitrogen and oxygen atoms in total. The second-order valence-corrected chi connectivity index (χ2v) is 7.26. The van der Waals surface area contributed by atoms with Gasteiger partial charge in [0.25, 0.3) is 0 Å². The Morgan fingerprint density at radius 2 is 1.47 bits per heavy atom. The molecule has 90 valence electrons. The summed E-state index contributed by atoms with van der Waals surface area (Å²) in [5, 5.41) is 0. The lowest BCUT2D eigenvalue weighted by Gasteiger charge is -2.16. The largest absolute Gasteiger partial charge is 0.103 e. The van der Waals surface area contributed by atoms with Gasteiger partial charge in [-0.25, -0.2) is 0 Å². The molecular formula is C15H30. The summed E-state index contributed by atoms with van der Waals surface area (Å²) < 4.78 is 0. The molecule has 0 unspecified atom stereocenters. The third kappa shape index (κ3) is 13.7. The lowest BCUT2D eigenvalue weighted by molar-refractivity contribution is 0.354. The van der Waals surface area contributed by atoms with Crippen molar-refractivity contribution in [1.29, 1.82) is 0 Å². The van der Waals surface area contributed by atoms with Crippen LogP contribution >= 0.6 is 0 Å². The van der Waals surface area contributed by atoms with E-state index in [1.165, 1.54) is 19.3 Å². The first-order chi connectivity index (χ1) is 6.64. The SMILES string of the molecule is C=CCC(C)(C)C.CC(C)(C)CC1CC1. The van der Waals surface area contributed by atoms with Gasteiger partial charge in [-0.3, -0.25) is 0 Å². The fraction of sp³-hybridized carbons (Fsp3) is 0.867. The summed E-state index contributed by atoms with van der Waals surface area (Å²) in [5.41, 5.74) is 1.02. The molecule has 1 saturated carbocycles. The number of rotatable bonds is 2. The second-order valence-electron chi connectivity index (χ2n) is 7.26. The Kier molecular flexibility index (Phi) is 5.62. The van der Waals surface area contributed by atoms with Crippen molar-refractivity contribution in [3.05, 3.63) is 12.7 Å². The molecule has 0 atom stereocenters. The van der Waals surface area contributed by atoms with Crippen LogP contribution in [0.25, 0.3) is 0 Å². The Morgan fingerprint density at radius 1 is 1.00 bits per heavy atom. The van der Waals surface area contributed by atoms with E-state index in [0.29, 0.717) is 10.8 Å². The summed E-state index contributed by atoms with van der Waals surface area (Å²) in [6.45, 7) is 17.2. The van der Waals surface area contributed by atoms with Crippen molar-refractivity contribution in [2.45, 2.75) is 67.2 Å². The molecule has 1 aliphatic carbocycles. The van der Waals surface area contributed by atoms with Crippen LogP contribution in [0.5, 0.6) is 0 Å². The molecule has 1 fully saturated rings. The van der Waals surface area contributed by atoms with Crippen LogP contribution in [0.3, 0.4) is 0 Å². The van der Waals surface area contributed by atoms with E-state index in [1.54, 1.807) is 0 Å². The van der Waals surface area contributed by atoms with Crippen LogP contribution in [0, 0.1) is 16.7 Å². The molecule has 0 saturated heterocycles. The van der Waals surface area contributed by atoms with Crippen molar-refractivity contribution in [1.82, 2.24) is 0 Å². The molecule has 1 rings (SSSR count). The van der Waals surface area contributed by atoms with Gasteiger partial charge < -0.3 is 0 Å². The molecule has 0 spiro atoms. The molecule has 1 aliphatic rings. The van der Waals surface area contributed by atoms with Crippen molar-refractivity contribution in [2.75, 3.05) is 0 Å². The summed E-state index contributed by atoms with van der Waals surface area (Å²) in [6, 6.07) is 0. The smallest absolute Gasteiger partial charge is 0.0304 e. The lowest BCUT2D eigenvalue weighted by Crippen LogP contribution is -2.04. The molecule has 0 aromatic heterocycles. The molecule has 0 N–H and O–H groups in total. The van der Waals surface area contributed by atoms with E-state index in [0.717, 1.165) is 12.3 Å². The van der Waals surface area contributed by atoms with Gasteiger partial charge in [0, 0.05) is 0 Å². The van der Waals surface area contributed by atoms with Crippen molar-refractivity contribution < 1.29 is 0 Å². The Balaban J connectivity index is 0.000000265. The van der Waals surface area contributed by atoms with Gasteiger partial charge in [0.15, 0.2) is 0 Å². The molecule has 0 aromatic rings. The first kappa shape index (κ1) is 14.7. The molecule has 15 heavy (non-hydrogen) atoms. The van der Waals surface area contributed by atoms with Gasteiger partial charge in [0.1, 0.15) is 0 Å². The highest BCUT2D eigenvalue weighted by Crippen LogP contribution is 2.39. The molecule has 0 heterocycles. The third-order valence-electron chi connectivity index (χ3n) is 2.35. The maximum absolute atomic E-state index is 3.65. The van der Waals surface area contributed by atoms with E-state index in [2.05, 4.69) is 48.1 Å². The highest BCUT2D eigenvalue weighted by Gasteiger charge is 2.26. The summed E-state index contributed by atoms with van der Waals surface area (Å²) in [4.78, 5) is 0. The van der Waals surface area contributed by atoms with Gasteiger partial charge in [0.05, 0.1) is 0 Å². The van der Waals surface area contributed by atoms with E-state index >= 15 is 0 Å². The molecule has 0 amide bonds. The zero-order valence-electron chi connectivity index (χ0n) is 11.7. The summed E-state index contributed by atoms with van der Waals surface area (Å²) in [7, 11) is 0. The van der Waals surface area contributed by atoms with Crippen molar-refractivity contribution in [2.24, 2.45) is 16.7 Å². The fourth-order valence-corrected chi connectivity index (χ4v) is 1.62. The minimum absolute atomic E-state index is 0.432. The van der Waals surface area contributed by atoms with Crippen LogP contribution in [0.4, 0.5) is 0 Å². The van der Waals surface area contributed by atoms with Crippen LogP contribution in [0.1, 0.15) is 67.2 Å². The van der Waals surface area contributed by atoms with E-state index in [-0.39, 0.29) is 0 Å². The second kappa shape index (κ2) is 5.72. The van der Waals surface area contributed by atoms with E-state index < -0.39 is 0 Å². The quantitative estimate of drug-likeness (QED) is 0.532. The predicted molar refractivity (Wildman–Crippen MR) is 71.1 cm³/mol. The maximum atomic E-state index is 3.65. The summed E-state index contributed by atoms with van der Waals surface area (Å²) in [5.74, 6) is 1.09. The normalized spacial score (nSPS) is 16.7. The Labute approximate surface area is 97.2 Å². The monoisotopic (exact) mass is 210 g/mol. The Morgan fingerprint density at radius 3 is 1.53 bits per heavy atom. The van der Waals surface area contributed by atoms with Crippen LogP contribution in [-0.4, -0.2) is 0 Å². The zero-order chi connectivity index (χ0) is 12.1. The van der Waals surface area contributed by atoms with Crippen molar-refractivity contribution in [3.63, 3.8) is 0 Å². The molecule has 0 radical (unpaired) electrons. The van der Waals surface area contributed by atoms with Crippen molar-refractivity contribution in [3.8, 4) is 0 Å². The lowest BCUT2D eigenvalue weighted by atomic mass is 9.90. The van der Waals surface area contributed by atoms with Gasteiger partial charge in [-0.2, -0.15) is 0 Å². The molecule has 0 aromatic carbocycles. The number of hydrogen-bond acceptors (Lipinski definition) is 0. The first-order valence-corrected chi connectivity index (χ1v) is 6.25. The van der Waals surface area contributed by atoms with Gasteiger partial charge >= 0.3 is 0 Å². The molecular weight excluding hydrogens is 180 g/mol. The molecule has 0 heteroatoms.